The van der Waals surface area contributed by atoms with Crippen molar-refractivity contribution in [3.63, 3.8) is 0 Å². The van der Waals surface area contributed by atoms with Crippen LogP contribution >= 0.6 is 24.0 Å². The molecule has 2 fully saturated rings. The monoisotopic (exact) mass is 572 g/mol. The number of nitrogens with zero attached hydrogens (tertiary/aromatic N) is 4. The van der Waals surface area contributed by atoms with E-state index in [9.17, 15) is 4.79 Å². The van der Waals surface area contributed by atoms with Gasteiger partial charge in [0.15, 0.2) is 5.96 Å². The molecule has 1 atom stereocenters. The largest absolute Gasteiger partial charge is 0.383 e. The van der Waals surface area contributed by atoms with E-state index in [1.165, 1.54) is 18.4 Å². The van der Waals surface area contributed by atoms with Crippen molar-refractivity contribution < 1.29 is 9.53 Å². The first-order valence-electron chi connectivity index (χ1n) is 12.0. The minimum absolute atomic E-state index is 0. The van der Waals surface area contributed by atoms with Crippen molar-refractivity contribution in [2.45, 2.75) is 32.4 Å². The number of carbonyl (C=O) groups is 1. The van der Waals surface area contributed by atoms with Crippen LogP contribution in [0.4, 0.5) is 0 Å². The Bertz CT molecular complexity index is 712. The average Bonchev–Trinajstić information content (AvgIpc) is 3.25. The predicted molar refractivity (Wildman–Crippen MR) is 144 cm³/mol. The molecule has 0 spiro atoms. The molecule has 1 amide bonds. The van der Waals surface area contributed by atoms with E-state index in [0.29, 0.717) is 25.7 Å². The molecule has 8 nitrogen and oxygen atoms in total. The number of ether oxygens (including phenoxy) is 1. The van der Waals surface area contributed by atoms with Gasteiger partial charge < -0.3 is 20.3 Å². The van der Waals surface area contributed by atoms with E-state index in [1.54, 1.807) is 7.11 Å². The topological polar surface area (TPSA) is 72.4 Å². The van der Waals surface area contributed by atoms with Gasteiger partial charge in [-0.3, -0.25) is 19.6 Å². The van der Waals surface area contributed by atoms with Crippen LogP contribution in [0.15, 0.2) is 35.3 Å². The number of guanidine groups is 1. The molecule has 2 aliphatic heterocycles. The number of benzene rings is 1. The van der Waals surface area contributed by atoms with Crippen LogP contribution in [0.1, 0.15) is 25.3 Å². The summed E-state index contributed by atoms with van der Waals surface area (Å²) in [6.45, 7) is 11.0. The van der Waals surface area contributed by atoms with E-state index < -0.39 is 0 Å². The number of nitrogens with one attached hydrogen (secondary N) is 2. The Labute approximate surface area is 216 Å². The quantitative estimate of drug-likeness (QED) is 0.192. The van der Waals surface area contributed by atoms with Gasteiger partial charge in [0.25, 0.3) is 0 Å². The number of piperazine rings is 1. The number of hydrogen-bond donors (Lipinski definition) is 2. The van der Waals surface area contributed by atoms with Crippen LogP contribution in [0.2, 0.25) is 0 Å². The lowest BCUT2D eigenvalue weighted by molar-refractivity contribution is -0.122. The molecular formula is C24H41IN6O2. The lowest BCUT2D eigenvalue weighted by Gasteiger charge is -2.36. The lowest BCUT2D eigenvalue weighted by Crippen LogP contribution is -2.54. The normalized spacial score (nSPS) is 19.9. The highest BCUT2D eigenvalue weighted by Gasteiger charge is 2.25. The van der Waals surface area contributed by atoms with Gasteiger partial charge in [0.1, 0.15) is 0 Å². The Hall–Kier alpha value is -1.43. The highest BCUT2D eigenvalue weighted by molar-refractivity contribution is 14.0. The molecule has 2 heterocycles. The SMILES string of the molecule is CCNC(=NCC1CCCN1Cc1ccccc1)N1CCN(CC(=O)NCCOC)CC1.I. The van der Waals surface area contributed by atoms with Gasteiger partial charge in [0.2, 0.25) is 5.91 Å². The van der Waals surface area contributed by atoms with Gasteiger partial charge in [-0.25, -0.2) is 0 Å². The summed E-state index contributed by atoms with van der Waals surface area (Å²) in [6, 6.07) is 11.2. The van der Waals surface area contributed by atoms with Crippen LogP contribution in [0.5, 0.6) is 0 Å². The summed E-state index contributed by atoms with van der Waals surface area (Å²) in [5.74, 6) is 1.07. The standard InChI is InChI=1S/C24H40N6O2.HI/c1-3-25-24(29-15-13-28(14-16-29)20-23(31)26-11-17-32-2)27-18-22-10-7-12-30(22)19-21-8-5-4-6-9-21;/h4-6,8-9,22H,3,7,10-20H2,1-2H3,(H,25,27)(H,26,31);1H. The molecule has 33 heavy (non-hydrogen) atoms. The summed E-state index contributed by atoms with van der Waals surface area (Å²) in [7, 11) is 1.64. The molecule has 0 bridgehead atoms. The van der Waals surface area contributed by atoms with Gasteiger partial charge in [-0.2, -0.15) is 0 Å². The first-order valence-corrected chi connectivity index (χ1v) is 12.0. The summed E-state index contributed by atoms with van der Waals surface area (Å²) in [4.78, 5) is 24.2. The van der Waals surface area contributed by atoms with Crippen molar-refractivity contribution >= 4 is 35.8 Å². The van der Waals surface area contributed by atoms with E-state index in [4.69, 9.17) is 9.73 Å². The van der Waals surface area contributed by atoms with Gasteiger partial charge in [-0.1, -0.05) is 30.3 Å². The highest BCUT2D eigenvalue weighted by atomic mass is 127. The average molecular weight is 573 g/mol. The molecule has 186 valence electrons. The zero-order chi connectivity index (χ0) is 22.6. The highest BCUT2D eigenvalue weighted by Crippen LogP contribution is 2.20. The Kier molecular flexibility index (Phi) is 13.0. The second-order valence-corrected chi connectivity index (χ2v) is 8.55. The molecule has 0 radical (unpaired) electrons. The third kappa shape index (κ3) is 9.38. The van der Waals surface area contributed by atoms with Gasteiger partial charge in [-0.05, 0) is 31.9 Å². The van der Waals surface area contributed by atoms with Crippen molar-refractivity contribution in [1.82, 2.24) is 25.3 Å². The molecule has 2 N–H and O–H groups in total. The van der Waals surface area contributed by atoms with E-state index in [1.807, 2.05) is 0 Å². The number of aliphatic imine (C=N–C) groups is 1. The van der Waals surface area contributed by atoms with E-state index >= 15 is 0 Å². The molecule has 3 rings (SSSR count). The number of hydrogen-bond acceptors (Lipinski definition) is 5. The molecule has 1 aromatic carbocycles. The van der Waals surface area contributed by atoms with Crippen molar-refractivity contribution in [1.29, 1.82) is 0 Å². The molecule has 2 saturated heterocycles. The van der Waals surface area contributed by atoms with Crippen LogP contribution < -0.4 is 10.6 Å². The van der Waals surface area contributed by atoms with Gasteiger partial charge >= 0.3 is 0 Å². The lowest BCUT2D eigenvalue weighted by atomic mass is 10.2. The smallest absolute Gasteiger partial charge is 0.234 e. The predicted octanol–water partition coefficient (Wildman–Crippen LogP) is 1.61. The van der Waals surface area contributed by atoms with E-state index in [-0.39, 0.29) is 29.9 Å². The molecule has 1 aromatic rings. The molecule has 2 aliphatic rings. The summed E-state index contributed by atoms with van der Waals surface area (Å²) >= 11 is 0. The van der Waals surface area contributed by atoms with E-state index in [2.05, 4.69) is 62.6 Å². The second kappa shape index (κ2) is 15.5. The van der Waals surface area contributed by atoms with Crippen molar-refractivity contribution in [3.05, 3.63) is 35.9 Å². The molecular weight excluding hydrogens is 531 g/mol. The van der Waals surface area contributed by atoms with Crippen molar-refractivity contribution in [2.75, 3.05) is 72.6 Å². The second-order valence-electron chi connectivity index (χ2n) is 8.55. The molecule has 0 aromatic heterocycles. The van der Waals surface area contributed by atoms with Crippen LogP contribution in [-0.4, -0.2) is 105 Å². The fourth-order valence-corrected chi connectivity index (χ4v) is 4.41. The summed E-state index contributed by atoms with van der Waals surface area (Å²) in [6.07, 6.45) is 2.45. The Morgan fingerprint density at radius 3 is 2.58 bits per heavy atom. The number of rotatable bonds is 10. The number of amides is 1. The Morgan fingerprint density at radius 1 is 1.12 bits per heavy atom. The zero-order valence-electron chi connectivity index (χ0n) is 20.2. The summed E-state index contributed by atoms with van der Waals surface area (Å²) in [5, 5.41) is 6.37. The molecule has 1 unspecified atom stereocenters. The van der Waals surface area contributed by atoms with Crippen molar-refractivity contribution in [2.24, 2.45) is 4.99 Å². The number of likely N-dealkylation sites (tertiary alicyclic amines) is 1. The van der Waals surface area contributed by atoms with E-state index in [0.717, 1.165) is 58.3 Å². The Balaban J connectivity index is 0.00000385. The van der Waals surface area contributed by atoms with Crippen molar-refractivity contribution in [3.8, 4) is 0 Å². The minimum Gasteiger partial charge on any atom is -0.383 e. The summed E-state index contributed by atoms with van der Waals surface area (Å²) in [5.41, 5.74) is 1.37. The van der Waals surface area contributed by atoms with Gasteiger partial charge in [0, 0.05) is 59.0 Å². The fraction of sp³-hybridized carbons (Fsp3) is 0.667. The minimum atomic E-state index is 0. The van der Waals surface area contributed by atoms with Crippen LogP contribution in [-0.2, 0) is 16.1 Å². The fourth-order valence-electron chi connectivity index (χ4n) is 4.41. The zero-order valence-corrected chi connectivity index (χ0v) is 22.5. The number of halogens is 1. The number of carbonyl (C=O) groups excluding carboxylic acids is 1. The molecule has 9 heteroatoms. The van der Waals surface area contributed by atoms with Crippen LogP contribution in [0, 0.1) is 0 Å². The van der Waals surface area contributed by atoms with Crippen LogP contribution in [0.3, 0.4) is 0 Å². The van der Waals surface area contributed by atoms with Crippen LogP contribution in [0.25, 0.3) is 0 Å². The molecule has 0 saturated carbocycles. The Morgan fingerprint density at radius 2 is 1.88 bits per heavy atom. The van der Waals surface area contributed by atoms with Gasteiger partial charge in [0.05, 0.1) is 19.7 Å². The first kappa shape index (κ1) is 27.8. The maximum absolute atomic E-state index is 12.1. The first-order chi connectivity index (χ1) is 15.7. The molecule has 0 aliphatic carbocycles. The summed E-state index contributed by atoms with van der Waals surface area (Å²) < 4.78 is 4.98. The maximum atomic E-state index is 12.1. The van der Waals surface area contributed by atoms with Gasteiger partial charge in [-0.15, -0.1) is 24.0 Å². The third-order valence-electron chi connectivity index (χ3n) is 6.18. The number of methoxy groups -OCH3 is 1. The maximum Gasteiger partial charge on any atom is 0.234 e. The third-order valence-corrected chi connectivity index (χ3v) is 6.18.